The molecule has 1 fully saturated rings. The van der Waals surface area contributed by atoms with Crippen LogP contribution in [-0.4, -0.2) is 50.2 Å². The number of furan rings is 1. The summed E-state index contributed by atoms with van der Waals surface area (Å²) in [6.07, 6.45) is 0.936. The average molecular weight is 302 g/mol. The maximum atomic E-state index is 12.2. The van der Waals surface area contributed by atoms with Crippen molar-refractivity contribution in [1.29, 1.82) is 0 Å². The molecule has 1 aromatic carbocycles. The fourth-order valence-corrected chi connectivity index (χ4v) is 2.80. The standard InChI is InChI=1S/C17H22N2O3/c1-13-14-5-2-3-6-15(14)22-16(13)17(20)18-7-4-8-19-9-11-21-12-10-19/h2-3,5-6H,4,7-12H2,1H3,(H,18,20). The quantitative estimate of drug-likeness (QED) is 0.860. The molecule has 1 aliphatic heterocycles. The Morgan fingerprint density at radius 1 is 1.27 bits per heavy atom. The molecule has 1 aliphatic rings. The SMILES string of the molecule is Cc1c(C(=O)NCCCN2CCOCC2)oc2ccccc12. The Morgan fingerprint density at radius 2 is 2.05 bits per heavy atom. The number of para-hydroxylation sites is 1. The van der Waals surface area contributed by atoms with Crippen LogP contribution in [-0.2, 0) is 4.74 Å². The lowest BCUT2D eigenvalue weighted by atomic mass is 10.1. The Morgan fingerprint density at radius 3 is 2.82 bits per heavy atom. The Bertz CT molecular complexity index is 644. The second-order valence-corrected chi connectivity index (χ2v) is 5.62. The minimum absolute atomic E-state index is 0.129. The van der Waals surface area contributed by atoms with Crippen LogP contribution in [0, 0.1) is 6.92 Å². The van der Waals surface area contributed by atoms with Crippen LogP contribution in [0.1, 0.15) is 22.5 Å². The molecular formula is C17H22N2O3. The number of fused-ring (bicyclic) bond motifs is 1. The fourth-order valence-electron chi connectivity index (χ4n) is 2.80. The van der Waals surface area contributed by atoms with Crippen molar-refractivity contribution in [3.63, 3.8) is 0 Å². The van der Waals surface area contributed by atoms with Gasteiger partial charge >= 0.3 is 0 Å². The summed E-state index contributed by atoms with van der Waals surface area (Å²) in [6.45, 7) is 7.16. The number of rotatable bonds is 5. The molecule has 0 unspecified atom stereocenters. The van der Waals surface area contributed by atoms with Gasteiger partial charge in [-0.3, -0.25) is 9.69 Å². The summed E-state index contributed by atoms with van der Waals surface area (Å²) >= 11 is 0. The van der Waals surface area contributed by atoms with E-state index in [1.54, 1.807) is 0 Å². The predicted octanol–water partition coefficient (Wildman–Crippen LogP) is 2.19. The first-order chi connectivity index (χ1) is 10.8. The number of morpholine rings is 1. The van der Waals surface area contributed by atoms with E-state index < -0.39 is 0 Å². The normalized spacial score (nSPS) is 16.0. The molecule has 1 aromatic heterocycles. The number of carbonyl (C=O) groups excluding carboxylic acids is 1. The fraction of sp³-hybridized carbons (Fsp3) is 0.471. The van der Waals surface area contributed by atoms with Crippen molar-refractivity contribution in [2.45, 2.75) is 13.3 Å². The van der Waals surface area contributed by atoms with E-state index in [0.717, 1.165) is 55.8 Å². The van der Waals surface area contributed by atoms with Gasteiger partial charge in [0.15, 0.2) is 5.76 Å². The Kier molecular flexibility index (Phi) is 4.75. The minimum atomic E-state index is -0.129. The smallest absolute Gasteiger partial charge is 0.287 e. The van der Waals surface area contributed by atoms with Crippen LogP contribution in [0.3, 0.4) is 0 Å². The van der Waals surface area contributed by atoms with Crippen LogP contribution in [0.4, 0.5) is 0 Å². The molecule has 0 radical (unpaired) electrons. The van der Waals surface area contributed by atoms with Gasteiger partial charge < -0.3 is 14.5 Å². The van der Waals surface area contributed by atoms with E-state index in [0.29, 0.717) is 12.3 Å². The van der Waals surface area contributed by atoms with Crippen molar-refractivity contribution in [1.82, 2.24) is 10.2 Å². The van der Waals surface area contributed by atoms with Crippen molar-refractivity contribution in [2.24, 2.45) is 0 Å². The highest BCUT2D eigenvalue weighted by Gasteiger charge is 2.17. The van der Waals surface area contributed by atoms with Gasteiger partial charge in [0.05, 0.1) is 13.2 Å². The molecule has 118 valence electrons. The molecule has 22 heavy (non-hydrogen) atoms. The van der Waals surface area contributed by atoms with Gasteiger partial charge in [-0.15, -0.1) is 0 Å². The van der Waals surface area contributed by atoms with E-state index in [2.05, 4.69) is 10.2 Å². The summed E-state index contributed by atoms with van der Waals surface area (Å²) < 4.78 is 11.0. The number of nitrogens with zero attached hydrogens (tertiary/aromatic N) is 1. The highest BCUT2D eigenvalue weighted by Crippen LogP contribution is 2.24. The number of hydrogen-bond donors (Lipinski definition) is 1. The number of aryl methyl sites for hydroxylation is 1. The van der Waals surface area contributed by atoms with E-state index in [1.807, 2.05) is 31.2 Å². The molecule has 0 saturated carbocycles. The molecular weight excluding hydrogens is 280 g/mol. The maximum absolute atomic E-state index is 12.2. The van der Waals surface area contributed by atoms with Crippen molar-refractivity contribution in [2.75, 3.05) is 39.4 Å². The molecule has 0 spiro atoms. The second kappa shape index (κ2) is 6.94. The zero-order valence-corrected chi connectivity index (χ0v) is 12.9. The van der Waals surface area contributed by atoms with Crippen LogP contribution in [0.25, 0.3) is 11.0 Å². The lowest BCUT2D eigenvalue weighted by molar-refractivity contribution is 0.0374. The van der Waals surface area contributed by atoms with Gasteiger partial charge in [0.25, 0.3) is 5.91 Å². The predicted molar refractivity (Wildman–Crippen MR) is 85.2 cm³/mol. The topological polar surface area (TPSA) is 54.7 Å². The van der Waals surface area contributed by atoms with Gasteiger partial charge in [0.1, 0.15) is 5.58 Å². The molecule has 0 atom stereocenters. The summed E-state index contributed by atoms with van der Waals surface area (Å²) in [5.74, 6) is 0.295. The van der Waals surface area contributed by atoms with Crippen molar-refractivity contribution < 1.29 is 13.9 Å². The Balaban J connectivity index is 1.51. The summed E-state index contributed by atoms with van der Waals surface area (Å²) in [7, 11) is 0. The van der Waals surface area contributed by atoms with Crippen LogP contribution < -0.4 is 5.32 Å². The van der Waals surface area contributed by atoms with Gasteiger partial charge in [-0.25, -0.2) is 0 Å². The molecule has 5 nitrogen and oxygen atoms in total. The van der Waals surface area contributed by atoms with E-state index in [4.69, 9.17) is 9.15 Å². The van der Waals surface area contributed by atoms with Gasteiger partial charge in [0, 0.05) is 30.6 Å². The Hall–Kier alpha value is -1.85. The molecule has 0 aliphatic carbocycles. The molecule has 2 heterocycles. The number of ether oxygens (including phenoxy) is 1. The summed E-state index contributed by atoms with van der Waals surface area (Å²) in [5.41, 5.74) is 1.67. The first-order valence-electron chi connectivity index (χ1n) is 7.82. The first-order valence-corrected chi connectivity index (χ1v) is 7.82. The maximum Gasteiger partial charge on any atom is 0.287 e. The van der Waals surface area contributed by atoms with Crippen LogP contribution >= 0.6 is 0 Å². The number of benzene rings is 1. The number of hydrogen-bond acceptors (Lipinski definition) is 4. The molecule has 1 N–H and O–H groups in total. The molecule has 3 rings (SSSR count). The van der Waals surface area contributed by atoms with Crippen LogP contribution in [0.15, 0.2) is 28.7 Å². The summed E-state index contributed by atoms with van der Waals surface area (Å²) in [4.78, 5) is 14.6. The third-order valence-electron chi connectivity index (χ3n) is 4.09. The van der Waals surface area contributed by atoms with Gasteiger partial charge in [-0.2, -0.15) is 0 Å². The highest BCUT2D eigenvalue weighted by atomic mass is 16.5. The average Bonchev–Trinajstić information content (AvgIpc) is 2.90. The molecule has 0 bridgehead atoms. The number of carbonyl (C=O) groups is 1. The zero-order valence-electron chi connectivity index (χ0n) is 12.9. The molecule has 2 aromatic rings. The third kappa shape index (κ3) is 3.31. The minimum Gasteiger partial charge on any atom is -0.451 e. The van der Waals surface area contributed by atoms with Crippen LogP contribution in [0.5, 0.6) is 0 Å². The largest absolute Gasteiger partial charge is 0.451 e. The monoisotopic (exact) mass is 302 g/mol. The first kappa shape index (κ1) is 15.1. The van der Waals surface area contributed by atoms with E-state index in [9.17, 15) is 4.79 Å². The lowest BCUT2D eigenvalue weighted by Gasteiger charge is -2.26. The molecule has 1 amide bonds. The molecule has 1 saturated heterocycles. The number of nitrogens with one attached hydrogen (secondary N) is 1. The zero-order chi connectivity index (χ0) is 15.4. The third-order valence-corrected chi connectivity index (χ3v) is 4.09. The van der Waals surface area contributed by atoms with E-state index in [-0.39, 0.29) is 5.91 Å². The van der Waals surface area contributed by atoms with Gasteiger partial charge in [0.2, 0.25) is 0 Å². The van der Waals surface area contributed by atoms with E-state index >= 15 is 0 Å². The highest BCUT2D eigenvalue weighted by molar-refractivity contribution is 5.98. The van der Waals surface area contributed by atoms with Crippen molar-refractivity contribution in [3.8, 4) is 0 Å². The second-order valence-electron chi connectivity index (χ2n) is 5.62. The lowest BCUT2D eigenvalue weighted by Crippen LogP contribution is -2.38. The van der Waals surface area contributed by atoms with Crippen molar-refractivity contribution in [3.05, 3.63) is 35.6 Å². The van der Waals surface area contributed by atoms with Crippen LogP contribution in [0.2, 0.25) is 0 Å². The van der Waals surface area contributed by atoms with Crippen molar-refractivity contribution >= 4 is 16.9 Å². The van der Waals surface area contributed by atoms with Gasteiger partial charge in [-0.1, -0.05) is 18.2 Å². The summed E-state index contributed by atoms with van der Waals surface area (Å²) in [6, 6.07) is 7.73. The summed E-state index contributed by atoms with van der Waals surface area (Å²) in [5, 5.41) is 3.95. The van der Waals surface area contributed by atoms with E-state index in [1.165, 1.54) is 0 Å². The Labute approximate surface area is 130 Å². The van der Waals surface area contributed by atoms with Gasteiger partial charge in [-0.05, 0) is 26.0 Å². The number of amides is 1. The molecule has 5 heteroatoms.